The van der Waals surface area contributed by atoms with Crippen molar-refractivity contribution in [1.29, 1.82) is 0 Å². The molecular weight excluding hydrogens is 330 g/mol. The van der Waals surface area contributed by atoms with Crippen LogP contribution in [0.15, 0.2) is 65.2 Å². The fraction of sp³-hybridized carbons (Fsp3) is 0.200. The highest BCUT2D eigenvalue weighted by Crippen LogP contribution is 2.21. The van der Waals surface area contributed by atoms with Gasteiger partial charge in [-0.25, -0.2) is 0 Å². The lowest BCUT2D eigenvalue weighted by Gasteiger charge is -2.24. The largest absolute Gasteiger partial charge is 0.497 e. The predicted octanol–water partition coefficient (Wildman–Crippen LogP) is 3.64. The van der Waals surface area contributed by atoms with Gasteiger partial charge in [-0.3, -0.25) is 10.1 Å². The average Bonchev–Trinajstić information content (AvgIpc) is 3.06. The predicted molar refractivity (Wildman–Crippen MR) is 100 cm³/mol. The lowest BCUT2D eigenvalue weighted by molar-refractivity contribution is -0.115. The van der Waals surface area contributed by atoms with Gasteiger partial charge in [0.2, 0.25) is 11.8 Å². The van der Waals surface area contributed by atoms with Crippen LogP contribution in [0, 0.1) is 6.92 Å². The second-order valence-electron chi connectivity index (χ2n) is 5.92. The number of methoxy groups -OCH3 is 1. The van der Waals surface area contributed by atoms with Crippen molar-refractivity contribution in [3.63, 3.8) is 0 Å². The molecule has 26 heavy (non-hydrogen) atoms. The Balaban J connectivity index is 1.76. The highest BCUT2D eigenvalue weighted by Gasteiger charge is 2.14. The molecule has 0 aliphatic rings. The fourth-order valence-corrected chi connectivity index (χ4v) is 2.61. The monoisotopic (exact) mass is 351 g/mol. The molecule has 0 saturated carbocycles. The fourth-order valence-electron chi connectivity index (χ4n) is 2.61. The Morgan fingerprint density at radius 1 is 1.15 bits per heavy atom. The van der Waals surface area contributed by atoms with Crippen LogP contribution >= 0.6 is 0 Å². The number of nitrogens with one attached hydrogen (secondary N) is 1. The second kappa shape index (κ2) is 8.20. The molecule has 0 atom stereocenters. The van der Waals surface area contributed by atoms with Gasteiger partial charge in [0.05, 0.1) is 19.3 Å². The standard InChI is InChI=1S/C20H21N3O3/c1-15-12-20(26-22-15)21-19(24)14-23(13-16-6-4-3-5-7-16)17-8-10-18(25-2)11-9-17/h3-12H,13-14H2,1-2H3,(H,21,24). The summed E-state index contributed by atoms with van der Waals surface area (Å²) in [6.45, 7) is 2.59. The normalized spacial score (nSPS) is 10.4. The van der Waals surface area contributed by atoms with Crippen molar-refractivity contribution in [3.8, 4) is 5.75 Å². The van der Waals surface area contributed by atoms with E-state index in [-0.39, 0.29) is 12.5 Å². The number of hydrogen-bond donors (Lipinski definition) is 1. The number of hydrogen-bond acceptors (Lipinski definition) is 5. The minimum Gasteiger partial charge on any atom is -0.497 e. The van der Waals surface area contributed by atoms with E-state index in [0.29, 0.717) is 12.4 Å². The Labute approximate surface area is 152 Å². The van der Waals surface area contributed by atoms with Gasteiger partial charge in [0.15, 0.2) is 0 Å². The SMILES string of the molecule is COc1ccc(N(CC(=O)Nc2cc(C)no2)Cc2ccccc2)cc1. The van der Waals surface area contributed by atoms with Gasteiger partial charge in [-0.05, 0) is 36.8 Å². The Morgan fingerprint density at radius 2 is 1.88 bits per heavy atom. The molecule has 2 aromatic carbocycles. The van der Waals surface area contributed by atoms with Crippen LogP contribution in [0.25, 0.3) is 0 Å². The molecule has 0 aliphatic heterocycles. The zero-order chi connectivity index (χ0) is 18.4. The van der Waals surface area contributed by atoms with Gasteiger partial charge in [-0.15, -0.1) is 0 Å². The van der Waals surface area contributed by atoms with E-state index in [1.165, 1.54) is 0 Å². The Kier molecular flexibility index (Phi) is 5.53. The highest BCUT2D eigenvalue weighted by atomic mass is 16.5. The molecule has 0 spiro atoms. The van der Waals surface area contributed by atoms with Crippen LogP contribution in [0.4, 0.5) is 11.6 Å². The number of aromatic nitrogens is 1. The maximum absolute atomic E-state index is 12.5. The van der Waals surface area contributed by atoms with Crippen molar-refractivity contribution < 1.29 is 14.1 Å². The first-order valence-electron chi connectivity index (χ1n) is 8.30. The third-order valence-corrected chi connectivity index (χ3v) is 3.88. The average molecular weight is 351 g/mol. The van der Waals surface area contributed by atoms with Crippen LogP contribution in [-0.4, -0.2) is 24.7 Å². The molecule has 0 aliphatic carbocycles. The third kappa shape index (κ3) is 4.63. The van der Waals surface area contributed by atoms with Gasteiger partial charge >= 0.3 is 0 Å². The number of nitrogens with zero attached hydrogens (tertiary/aromatic N) is 2. The first kappa shape index (κ1) is 17.5. The first-order valence-corrected chi connectivity index (χ1v) is 8.30. The van der Waals surface area contributed by atoms with Gasteiger partial charge < -0.3 is 14.2 Å². The number of benzene rings is 2. The summed E-state index contributed by atoms with van der Waals surface area (Å²) < 4.78 is 10.3. The van der Waals surface area contributed by atoms with E-state index in [1.807, 2.05) is 59.5 Å². The Hall–Kier alpha value is -3.28. The third-order valence-electron chi connectivity index (χ3n) is 3.88. The van der Waals surface area contributed by atoms with Crippen LogP contribution in [0.5, 0.6) is 5.75 Å². The van der Waals surface area contributed by atoms with Gasteiger partial charge in [-0.1, -0.05) is 35.5 Å². The zero-order valence-corrected chi connectivity index (χ0v) is 14.8. The number of rotatable bonds is 7. The maximum Gasteiger partial charge on any atom is 0.246 e. The highest BCUT2D eigenvalue weighted by molar-refractivity contribution is 5.93. The topological polar surface area (TPSA) is 67.6 Å². The number of anilines is 2. The van der Waals surface area contributed by atoms with Crippen molar-refractivity contribution in [2.24, 2.45) is 0 Å². The molecule has 6 nitrogen and oxygen atoms in total. The van der Waals surface area contributed by atoms with Crippen LogP contribution in [0.3, 0.4) is 0 Å². The summed E-state index contributed by atoms with van der Waals surface area (Å²) in [7, 11) is 1.63. The van der Waals surface area contributed by atoms with Crippen LogP contribution in [0.1, 0.15) is 11.3 Å². The van der Waals surface area contributed by atoms with Crippen LogP contribution in [0.2, 0.25) is 0 Å². The summed E-state index contributed by atoms with van der Waals surface area (Å²) in [5, 5.41) is 6.51. The summed E-state index contributed by atoms with van der Waals surface area (Å²) in [6, 6.07) is 19.3. The number of ether oxygens (including phenoxy) is 1. The minimum absolute atomic E-state index is 0.173. The summed E-state index contributed by atoms with van der Waals surface area (Å²) in [6.07, 6.45) is 0. The number of amides is 1. The molecule has 1 N–H and O–H groups in total. The molecule has 0 saturated heterocycles. The van der Waals surface area contributed by atoms with E-state index < -0.39 is 0 Å². The lowest BCUT2D eigenvalue weighted by Crippen LogP contribution is -2.32. The Bertz CT molecular complexity index is 844. The van der Waals surface area contributed by atoms with Crippen molar-refractivity contribution >= 4 is 17.5 Å². The number of aryl methyl sites for hydroxylation is 1. The van der Waals surface area contributed by atoms with E-state index in [2.05, 4.69) is 10.5 Å². The van der Waals surface area contributed by atoms with E-state index in [9.17, 15) is 4.79 Å². The molecule has 3 aromatic rings. The molecule has 0 unspecified atom stereocenters. The van der Waals surface area contributed by atoms with Crippen LogP contribution in [-0.2, 0) is 11.3 Å². The van der Waals surface area contributed by atoms with Gasteiger partial charge in [0.1, 0.15) is 5.75 Å². The quantitative estimate of drug-likeness (QED) is 0.704. The van der Waals surface area contributed by atoms with Gasteiger partial charge in [0.25, 0.3) is 0 Å². The molecule has 0 fully saturated rings. The summed E-state index contributed by atoms with van der Waals surface area (Å²) in [4.78, 5) is 14.4. The maximum atomic E-state index is 12.5. The smallest absolute Gasteiger partial charge is 0.246 e. The lowest BCUT2D eigenvalue weighted by atomic mass is 10.2. The van der Waals surface area contributed by atoms with E-state index in [0.717, 1.165) is 22.7 Å². The van der Waals surface area contributed by atoms with Gasteiger partial charge in [0, 0.05) is 18.3 Å². The molecule has 134 valence electrons. The molecule has 1 heterocycles. The zero-order valence-electron chi connectivity index (χ0n) is 14.8. The molecule has 1 aromatic heterocycles. The minimum atomic E-state index is -0.173. The van der Waals surface area contributed by atoms with E-state index in [4.69, 9.17) is 9.26 Å². The van der Waals surface area contributed by atoms with Crippen molar-refractivity contribution in [1.82, 2.24) is 5.16 Å². The summed E-state index contributed by atoms with van der Waals surface area (Å²) in [5.74, 6) is 0.949. The molecule has 1 amide bonds. The van der Waals surface area contributed by atoms with Crippen molar-refractivity contribution in [2.45, 2.75) is 13.5 Å². The summed E-state index contributed by atoms with van der Waals surface area (Å²) >= 11 is 0. The van der Waals surface area contributed by atoms with E-state index >= 15 is 0 Å². The molecule has 0 bridgehead atoms. The Morgan fingerprint density at radius 3 is 2.50 bits per heavy atom. The van der Waals surface area contributed by atoms with Crippen molar-refractivity contribution in [2.75, 3.05) is 23.9 Å². The molecule has 3 rings (SSSR count). The number of carbonyl (C=O) groups is 1. The van der Waals surface area contributed by atoms with Crippen molar-refractivity contribution in [3.05, 3.63) is 71.9 Å². The second-order valence-corrected chi connectivity index (χ2v) is 5.92. The van der Waals surface area contributed by atoms with E-state index in [1.54, 1.807) is 20.1 Å². The number of carbonyl (C=O) groups excluding carboxylic acids is 1. The first-order chi connectivity index (χ1) is 12.6. The molecular formula is C20H21N3O3. The summed E-state index contributed by atoms with van der Waals surface area (Å²) in [5.41, 5.74) is 2.77. The molecule has 0 radical (unpaired) electrons. The van der Waals surface area contributed by atoms with Gasteiger partial charge in [-0.2, -0.15) is 0 Å². The van der Waals surface area contributed by atoms with Crippen LogP contribution < -0.4 is 15.0 Å². The molecule has 6 heteroatoms.